The third-order valence-corrected chi connectivity index (χ3v) is 2.81. The van der Waals surface area contributed by atoms with E-state index in [1.807, 2.05) is 6.92 Å². The maximum atomic E-state index is 12.0. The van der Waals surface area contributed by atoms with Crippen LogP contribution in [0.5, 0.6) is 5.75 Å². The molecule has 19 heavy (non-hydrogen) atoms. The van der Waals surface area contributed by atoms with Gasteiger partial charge in [-0.15, -0.1) is 0 Å². The molecule has 0 saturated heterocycles. The van der Waals surface area contributed by atoms with Gasteiger partial charge >= 0.3 is 5.97 Å². The van der Waals surface area contributed by atoms with Crippen LogP contribution in [0.1, 0.15) is 29.3 Å². The molecule has 5 nitrogen and oxygen atoms in total. The largest absolute Gasteiger partial charge is 0.497 e. The number of amides is 1. The lowest BCUT2D eigenvalue weighted by Crippen LogP contribution is -2.29. The maximum absolute atomic E-state index is 12.0. The van der Waals surface area contributed by atoms with Gasteiger partial charge in [-0.05, 0) is 36.6 Å². The second-order valence-corrected chi connectivity index (χ2v) is 4.59. The van der Waals surface area contributed by atoms with Crippen molar-refractivity contribution in [3.05, 3.63) is 29.3 Å². The van der Waals surface area contributed by atoms with Gasteiger partial charge in [0.05, 0.1) is 7.11 Å². The lowest BCUT2D eigenvalue weighted by atomic mass is 10.1. The van der Waals surface area contributed by atoms with Crippen LogP contribution in [0.3, 0.4) is 0 Å². The molecule has 0 aliphatic heterocycles. The molecule has 1 unspecified atom stereocenters. The number of aryl methyl sites for hydroxylation is 1. The monoisotopic (exact) mass is 265 g/mol. The standard InChI is InChI=1S/C14H19NO4/c1-9(6-13(16)17)8-15-14(18)12-5-4-11(19-3)7-10(12)2/h4-5,7,9H,6,8H2,1-3H3,(H,15,18)(H,16,17). The zero-order chi connectivity index (χ0) is 14.4. The van der Waals surface area contributed by atoms with Gasteiger partial charge in [-0.25, -0.2) is 0 Å². The van der Waals surface area contributed by atoms with Gasteiger partial charge in [-0.3, -0.25) is 9.59 Å². The molecule has 0 saturated carbocycles. The Bertz CT molecular complexity index is 471. The molecule has 2 N–H and O–H groups in total. The second-order valence-electron chi connectivity index (χ2n) is 4.59. The highest BCUT2D eigenvalue weighted by molar-refractivity contribution is 5.95. The lowest BCUT2D eigenvalue weighted by Gasteiger charge is -2.12. The van der Waals surface area contributed by atoms with Crippen molar-refractivity contribution in [2.45, 2.75) is 20.3 Å². The Labute approximate surface area is 112 Å². The molecule has 1 atom stereocenters. The van der Waals surface area contributed by atoms with E-state index in [4.69, 9.17) is 9.84 Å². The normalized spacial score (nSPS) is 11.7. The molecule has 0 spiro atoms. The summed E-state index contributed by atoms with van der Waals surface area (Å²) >= 11 is 0. The summed E-state index contributed by atoms with van der Waals surface area (Å²) in [5.41, 5.74) is 1.39. The topological polar surface area (TPSA) is 75.6 Å². The summed E-state index contributed by atoms with van der Waals surface area (Å²) in [6.45, 7) is 3.96. The highest BCUT2D eigenvalue weighted by Crippen LogP contribution is 2.16. The molecule has 0 aromatic heterocycles. The fraction of sp³-hybridized carbons (Fsp3) is 0.429. The number of carboxylic acids is 1. The Morgan fingerprint density at radius 1 is 1.42 bits per heavy atom. The number of hydrogen-bond acceptors (Lipinski definition) is 3. The molecule has 5 heteroatoms. The second kappa shape index (κ2) is 6.78. The van der Waals surface area contributed by atoms with Crippen LogP contribution in [0.4, 0.5) is 0 Å². The zero-order valence-corrected chi connectivity index (χ0v) is 11.4. The molecule has 1 aromatic carbocycles. The fourth-order valence-corrected chi connectivity index (χ4v) is 1.75. The molecule has 0 aliphatic carbocycles. The predicted octanol–water partition coefficient (Wildman–Crippen LogP) is 1.84. The molecule has 0 bridgehead atoms. The molecular formula is C14H19NO4. The van der Waals surface area contributed by atoms with Crippen molar-refractivity contribution < 1.29 is 19.4 Å². The van der Waals surface area contributed by atoms with Crippen LogP contribution in [-0.2, 0) is 4.79 Å². The van der Waals surface area contributed by atoms with Crippen molar-refractivity contribution in [1.82, 2.24) is 5.32 Å². The van der Waals surface area contributed by atoms with Crippen molar-refractivity contribution in [1.29, 1.82) is 0 Å². The number of benzene rings is 1. The van der Waals surface area contributed by atoms with Crippen molar-refractivity contribution >= 4 is 11.9 Å². The number of nitrogens with one attached hydrogen (secondary N) is 1. The molecule has 0 fully saturated rings. The van der Waals surface area contributed by atoms with Gasteiger partial charge in [0.1, 0.15) is 5.75 Å². The van der Waals surface area contributed by atoms with Gasteiger partial charge in [0.15, 0.2) is 0 Å². The number of carboxylic acid groups (broad SMARTS) is 1. The number of ether oxygens (including phenoxy) is 1. The molecule has 0 radical (unpaired) electrons. The van der Waals surface area contributed by atoms with Crippen molar-refractivity contribution in [2.24, 2.45) is 5.92 Å². The molecule has 1 aromatic rings. The fourth-order valence-electron chi connectivity index (χ4n) is 1.75. The lowest BCUT2D eigenvalue weighted by molar-refractivity contribution is -0.137. The van der Waals surface area contributed by atoms with E-state index in [1.165, 1.54) is 0 Å². The van der Waals surface area contributed by atoms with E-state index < -0.39 is 5.97 Å². The Morgan fingerprint density at radius 2 is 2.11 bits per heavy atom. The third-order valence-electron chi connectivity index (χ3n) is 2.81. The van der Waals surface area contributed by atoms with Crippen LogP contribution < -0.4 is 10.1 Å². The van der Waals surface area contributed by atoms with Crippen LogP contribution >= 0.6 is 0 Å². The van der Waals surface area contributed by atoms with Gasteiger partial charge in [-0.1, -0.05) is 6.92 Å². The van der Waals surface area contributed by atoms with Gasteiger partial charge in [0, 0.05) is 18.5 Å². The summed E-state index contributed by atoms with van der Waals surface area (Å²) in [4.78, 5) is 22.5. The van der Waals surface area contributed by atoms with Gasteiger partial charge in [-0.2, -0.15) is 0 Å². The summed E-state index contributed by atoms with van der Waals surface area (Å²) in [6.07, 6.45) is 0.0435. The SMILES string of the molecule is COc1ccc(C(=O)NCC(C)CC(=O)O)c(C)c1. The summed E-state index contributed by atoms with van der Waals surface area (Å²) in [6, 6.07) is 5.21. The molecule has 1 rings (SSSR count). The molecule has 0 heterocycles. The van der Waals surface area contributed by atoms with Gasteiger partial charge in [0.25, 0.3) is 5.91 Å². The summed E-state index contributed by atoms with van der Waals surface area (Å²) in [5.74, 6) is -0.451. The Morgan fingerprint density at radius 3 is 2.63 bits per heavy atom. The third kappa shape index (κ3) is 4.62. The van der Waals surface area contributed by atoms with Gasteiger partial charge in [0.2, 0.25) is 0 Å². The number of carbonyl (C=O) groups is 2. The molecular weight excluding hydrogens is 246 g/mol. The van der Waals surface area contributed by atoms with E-state index in [0.717, 1.165) is 5.56 Å². The highest BCUT2D eigenvalue weighted by atomic mass is 16.5. The van der Waals surface area contributed by atoms with Crippen LogP contribution in [0.25, 0.3) is 0 Å². The number of rotatable bonds is 6. The minimum atomic E-state index is -0.859. The minimum absolute atomic E-state index is 0.0435. The average Bonchev–Trinajstić information content (AvgIpc) is 2.35. The number of hydrogen-bond donors (Lipinski definition) is 2. The van der Waals surface area contributed by atoms with Crippen LogP contribution in [0.2, 0.25) is 0 Å². The Kier molecular flexibility index (Phi) is 5.36. The van der Waals surface area contributed by atoms with Crippen LogP contribution in [0.15, 0.2) is 18.2 Å². The van der Waals surface area contributed by atoms with Crippen molar-refractivity contribution in [2.75, 3.05) is 13.7 Å². The molecule has 1 amide bonds. The summed E-state index contributed by atoms with van der Waals surface area (Å²) in [5, 5.41) is 11.4. The first-order valence-electron chi connectivity index (χ1n) is 6.08. The molecule has 104 valence electrons. The Balaban J connectivity index is 2.61. The first kappa shape index (κ1) is 15.0. The number of aliphatic carboxylic acids is 1. The van der Waals surface area contributed by atoms with Crippen LogP contribution in [-0.4, -0.2) is 30.6 Å². The van der Waals surface area contributed by atoms with E-state index in [-0.39, 0.29) is 18.2 Å². The molecule has 0 aliphatic rings. The predicted molar refractivity (Wildman–Crippen MR) is 71.5 cm³/mol. The first-order chi connectivity index (χ1) is 8.93. The van der Waals surface area contributed by atoms with Crippen molar-refractivity contribution in [3.63, 3.8) is 0 Å². The van der Waals surface area contributed by atoms with E-state index >= 15 is 0 Å². The first-order valence-corrected chi connectivity index (χ1v) is 6.08. The zero-order valence-electron chi connectivity index (χ0n) is 11.4. The maximum Gasteiger partial charge on any atom is 0.303 e. The Hall–Kier alpha value is -2.04. The summed E-state index contributed by atoms with van der Waals surface area (Å²) < 4.78 is 5.07. The number of carbonyl (C=O) groups excluding carboxylic acids is 1. The number of methoxy groups -OCH3 is 1. The van der Waals surface area contributed by atoms with Crippen molar-refractivity contribution in [3.8, 4) is 5.75 Å². The van der Waals surface area contributed by atoms with Gasteiger partial charge < -0.3 is 15.2 Å². The average molecular weight is 265 g/mol. The van der Waals surface area contributed by atoms with E-state index in [1.54, 1.807) is 32.2 Å². The van der Waals surface area contributed by atoms with Crippen LogP contribution in [0, 0.1) is 12.8 Å². The van der Waals surface area contributed by atoms with E-state index in [0.29, 0.717) is 17.9 Å². The highest BCUT2D eigenvalue weighted by Gasteiger charge is 2.12. The smallest absolute Gasteiger partial charge is 0.303 e. The van der Waals surface area contributed by atoms with E-state index in [2.05, 4.69) is 5.32 Å². The quantitative estimate of drug-likeness (QED) is 0.823. The van der Waals surface area contributed by atoms with E-state index in [9.17, 15) is 9.59 Å². The summed E-state index contributed by atoms with van der Waals surface area (Å²) in [7, 11) is 1.57. The minimum Gasteiger partial charge on any atom is -0.497 e.